The van der Waals surface area contributed by atoms with Crippen molar-refractivity contribution in [3.63, 3.8) is 0 Å². The number of hydrogen-bond acceptors (Lipinski definition) is 2. The molecule has 3 aromatic rings. The molecule has 1 amide bonds. The third-order valence-corrected chi connectivity index (χ3v) is 5.08. The van der Waals surface area contributed by atoms with Gasteiger partial charge in [0.25, 0.3) is 5.91 Å². The molecule has 1 atom stereocenters. The Bertz CT molecular complexity index is 985. The SMILES string of the molecule is COc1ccccc1C(=O)N1CCc2ccccc2C1c1ccccc1F. The van der Waals surface area contributed by atoms with Crippen LogP contribution in [0.15, 0.2) is 72.8 Å². The zero-order valence-corrected chi connectivity index (χ0v) is 15.1. The Kier molecular flexibility index (Phi) is 4.63. The quantitative estimate of drug-likeness (QED) is 0.681. The Morgan fingerprint density at radius 1 is 0.963 bits per heavy atom. The van der Waals surface area contributed by atoms with E-state index in [-0.39, 0.29) is 11.7 Å². The Morgan fingerprint density at radius 3 is 2.41 bits per heavy atom. The number of hydrogen-bond donors (Lipinski definition) is 0. The maximum absolute atomic E-state index is 14.7. The van der Waals surface area contributed by atoms with Gasteiger partial charge in [-0.1, -0.05) is 54.6 Å². The summed E-state index contributed by atoms with van der Waals surface area (Å²) in [5, 5.41) is 0. The molecule has 0 spiro atoms. The van der Waals surface area contributed by atoms with Crippen LogP contribution in [-0.4, -0.2) is 24.5 Å². The highest BCUT2D eigenvalue weighted by Gasteiger charge is 2.34. The van der Waals surface area contributed by atoms with Gasteiger partial charge in [-0.25, -0.2) is 4.39 Å². The van der Waals surface area contributed by atoms with Crippen molar-refractivity contribution in [3.05, 3.63) is 101 Å². The highest BCUT2D eigenvalue weighted by molar-refractivity contribution is 5.97. The zero-order valence-electron chi connectivity index (χ0n) is 15.1. The molecule has 0 saturated heterocycles. The van der Waals surface area contributed by atoms with E-state index in [4.69, 9.17) is 4.74 Å². The topological polar surface area (TPSA) is 29.5 Å². The van der Waals surface area contributed by atoms with E-state index in [9.17, 15) is 9.18 Å². The molecule has 3 nitrogen and oxygen atoms in total. The number of para-hydroxylation sites is 1. The molecule has 0 N–H and O–H groups in total. The lowest BCUT2D eigenvalue weighted by atomic mass is 9.87. The Hall–Kier alpha value is -3.14. The molecule has 136 valence electrons. The first kappa shape index (κ1) is 17.3. The summed E-state index contributed by atoms with van der Waals surface area (Å²) in [6, 6.07) is 21.3. The van der Waals surface area contributed by atoms with Crippen LogP contribution in [0.2, 0.25) is 0 Å². The van der Waals surface area contributed by atoms with E-state index in [1.807, 2.05) is 36.4 Å². The second kappa shape index (κ2) is 7.23. The monoisotopic (exact) mass is 361 g/mol. The van der Waals surface area contributed by atoms with Crippen molar-refractivity contribution in [3.8, 4) is 5.75 Å². The second-order valence-electron chi connectivity index (χ2n) is 6.57. The van der Waals surface area contributed by atoms with E-state index in [2.05, 4.69) is 0 Å². The molecule has 4 heteroatoms. The molecule has 1 aliphatic rings. The molecule has 0 saturated carbocycles. The van der Waals surface area contributed by atoms with Gasteiger partial charge < -0.3 is 9.64 Å². The highest BCUT2D eigenvalue weighted by Crippen LogP contribution is 2.37. The number of amides is 1. The number of benzene rings is 3. The van der Waals surface area contributed by atoms with Crippen molar-refractivity contribution in [2.75, 3.05) is 13.7 Å². The van der Waals surface area contributed by atoms with Crippen molar-refractivity contribution in [1.29, 1.82) is 0 Å². The van der Waals surface area contributed by atoms with Crippen molar-refractivity contribution >= 4 is 5.91 Å². The third kappa shape index (κ3) is 3.08. The Labute approximate surface area is 158 Å². The number of fused-ring (bicyclic) bond motifs is 1. The normalized spacial score (nSPS) is 15.9. The molecule has 4 rings (SSSR count). The molecule has 0 aliphatic carbocycles. The van der Waals surface area contributed by atoms with Crippen LogP contribution in [0, 0.1) is 5.82 Å². The fourth-order valence-corrected chi connectivity index (χ4v) is 3.79. The van der Waals surface area contributed by atoms with E-state index < -0.39 is 6.04 Å². The zero-order chi connectivity index (χ0) is 18.8. The average molecular weight is 361 g/mol. The van der Waals surface area contributed by atoms with Crippen LogP contribution in [0.3, 0.4) is 0 Å². The summed E-state index contributed by atoms with van der Waals surface area (Å²) < 4.78 is 20.1. The molecule has 1 unspecified atom stereocenters. The summed E-state index contributed by atoms with van der Waals surface area (Å²) in [5.74, 6) is 0.0564. The highest BCUT2D eigenvalue weighted by atomic mass is 19.1. The maximum atomic E-state index is 14.7. The first-order valence-corrected chi connectivity index (χ1v) is 8.97. The molecular formula is C23H20FNO2. The number of nitrogens with zero attached hydrogens (tertiary/aromatic N) is 1. The van der Waals surface area contributed by atoms with E-state index >= 15 is 0 Å². The van der Waals surface area contributed by atoms with Gasteiger partial charge in [-0.05, 0) is 35.7 Å². The summed E-state index contributed by atoms with van der Waals surface area (Å²) in [7, 11) is 1.55. The lowest BCUT2D eigenvalue weighted by Gasteiger charge is -2.38. The molecule has 0 fully saturated rings. The van der Waals surface area contributed by atoms with E-state index in [0.717, 1.165) is 17.5 Å². The Morgan fingerprint density at radius 2 is 1.63 bits per heavy atom. The minimum absolute atomic E-state index is 0.157. The van der Waals surface area contributed by atoms with Crippen LogP contribution < -0.4 is 4.74 Å². The fraction of sp³-hybridized carbons (Fsp3) is 0.174. The second-order valence-corrected chi connectivity index (χ2v) is 6.57. The lowest BCUT2D eigenvalue weighted by molar-refractivity contribution is 0.0688. The number of rotatable bonds is 3. The van der Waals surface area contributed by atoms with Crippen molar-refractivity contribution < 1.29 is 13.9 Å². The predicted molar refractivity (Wildman–Crippen MR) is 102 cm³/mol. The van der Waals surface area contributed by atoms with Crippen molar-refractivity contribution in [2.24, 2.45) is 0 Å². The maximum Gasteiger partial charge on any atom is 0.258 e. The standard InChI is InChI=1S/C23H20FNO2/c1-27-21-13-7-5-11-19(21)23(26)25-15-14-16-8-2-3-9-17(16)22(25)18-10-4-6-12-20(18)24/h2-13,22H,14-15H2,1H3. The molecule has 0 bridgehead atoms. The first-order valence-electron chi connectivity index (χ1n) is 8.97. The fourth-order valence-electron chi connectivity index (χ4n) is 3.79. The summed E-state index contributed by atoms with van der Waals surface area (Å²) in [4.78, 5) is 15.2. The number of methoxy groups -OCH3 is 1. The van der Waals surface area contributed by atoms with Gasteiger partial charge in [-0.15, -0.1) is 0 Å². The van der Waals surface area contributed by atoms with Crippen molar-refractivity contribution in [1.82, 2.24) is 4.90 Å². The van der Waals surface area contributed by atoms with Crippen LogP contribution in [0.1, 0.15) is 33.1 Å². The predicted octanol–water partition coefficient (Wildman–Crippen LogP) is 4.62. The van der Waals surface area contributed by atoms with Gasteiger partial charge in [0.05, 0.1) is 18.7 Å². The largest absolute Gasteiger partial charge is 0.496 e. The van der Waals surface area contributed by atoms with E-state index in [1.54, 1.807) is 42.3 Å². The van der Waals surface area contributed by atoms with Crippen LogP contribution >= 0.6 is 0 Å². The molecular weight excluding hydrogens is 341 g/mol. The number of halogens is 1. The average Bonchev–Trinajstić information content (AvgIpc) is 2.73. The van der Waals surface area contributed by atoms with Crippen LogP contribution in [-0.2, 0) is 6.42 Å². The molecule has 27 heavy (non-hydrogen) atoms. The molecule has 3 aromatic carbocycles. The number of carbonyl (C=O) groups excluding carboxylic acids is 1. The summed E-state index contributed by atoms with van der Waals surface area (Å²) in [6.45, 7) is 0.521. The van der Waals surface area contributed by atoms with Gasteiger partial charge in [0.1, 0.15) is 11.6 Å². The molecule has 0 radical (unpaired) electrons. The van der Waals surface area contributed by atoms with Gasteiger partial charge in [0.2, 0.25) is 0 Å². The number of ether oxygens (including phenoxy) is 1. The van der Waals surface area contributed by atoms with E-state index in [0.29, 0.717) is 23.4 Å². The van der Waals surface area contributed by atoms with Crippen LogP contribution in [0.5, 0.6) is 5.75 Å². The van der Waals surface area contributed by atoms with Gasteiger partial charge in [0.15, 0.2) is 0 Å². The molecule has 0 aromatic heterocycles. The van der Waals surface area contributed by atoms with Gasteiger partial charge in [0, 0.05) is 12.1 Å². The third-order valence-electron chi connectivity index (χ3n) is 5.08. The number of carbonyl (C=O) groups is 1. The summed E-state index contributed by atoms with van der Waals surface area (Å²) >= 11 is 0. The minimum atomic E-state index is -0.464. The minimum Gasteiger partial charge on any atom is -0.496 e. The first-order chi connectivity index (χ1) is 13.2. The van der Waals surface area contributed by atoms with Crippen LogP contribution in [0.25, 0.3) is 0 Å². The lowest BCUT2D eigenvalue weighted by Crippen LogP contribution is -2.41. The Balaban J connectivity index is 1.84. The summed E-state index contributed by atoms with van der Waals surface area (Å²) in [6.07, 6.45) is 0.738. The van der Waals surface area contributed by atoms with Gasteiger partial charge in [-0.2, -0.15) is 0 Å². The molecule has 1 aliphatic heterocycles. The van der Waals surface area contributed by atoms with E-state index in [1.165, 1.54) is 6.07 Å². The smallest absolute Gasteiger partial charge is 0.258 e. The van der Waals surface area contributed by atoms with Crippen molar-refractivity contribution in [2.45, 2.75) is 12.5 Å². The van der Waals surface area contributed by atoms with Gasteiger partial charge >= 0.3 is 0 Å². The summed E-state index contributed by atoms with van der Waals surface area (Å²) in [5.41, 5.74) is 3.11. The van der Waals surface area contributed by atoms with Gasteiger partial charge in [-0.3, -0.25) is 4.79 Å². The molecule has 1 heterocycles. The van der Waals surface area contributed by atoms with Crippen LogP contribution in [0.4, 0.5) is 4.39 Å².